The molecule has 2 unspecified atom stereocenters. The summed E-state index contributed by atoms with van der Waals surface area (Å²) in [5.41, 5.74) is 1.44. The molecule has 0 aliphatic carbocycles. The van der Waals surface area contributed by atoms with Crippen LogP contribution in [0.3, 0.4) is 0 Å². The van der Waals surface area contributed by atoms with E-state index in [1.807, 2.05) is 0 Å². The van der Waals surface area contributed by atoms with E-state index in [-0.39, 0.29) is 4.87 Å². The molecule has 1 N–H and O–H groups in total. The largest absolute Gasteiger partial charge is 0.301 e. The average molecular weight is 221 g/mol. The van der Waals surface area contributed by atoms with Crippen LogP contribution in [-0.4, -0.2) is 16.7 Å². The maximum Gasteiger partial charge on any atom is 0.0686 e. The van der Waals surface area contributed by atoms with E-state index in [2.05, 4.69) is 61.3 Å². The summed E-state index contributed by atoms with van der Waals surface area (Å²) in [5, 5.41) is 4.43. The molecule has 0 aromatic heterocycles. The number of nitrogens with one attached hydrogen (secondary N) is 1. The fourth-order valence-electron chi connectivity index (χ4n) is 2.16. The van der Waals surface area contributed by atoms with Crippen LogP contribution in [0.15, 0.2) is 30.3 Å². The molecule has 1 fully saturated rings. The van der Waals surface area contributed by atoms with Crippen LogP contribution in [0, 0.1) is 0 Å². The van der Waals surface area contributed by atoms with Crippen LogP contribution < -0.4 is 5.32 Å². The summed E-state index contributed by atoms with van der Waals surface area (Å²) in [6.45, 7) is 5.73. The van der Waals surface area contributed by atoms with Crippen molar-refractivity contribution < 1.29 is 0 Å². The van der Waals surface area contributed by atoms with Gasteiger partial charge in [0.15, 0.2) is 0 Å². The van der Waals surface area contributed by atoms with E-state index in [0.29, 0.717) is 0 Å². The Morgan fingerprint density at radius 3 is 2.67 bits per heavy atom. The van der Waals surface area contributed by atoms with Crippen molar-refractivity contribution in [3.63, 3.8) is 0 Å². The second-order valence-corrected chi connectivity index (χ2v) is 6.14. The lowest BCUT2D eigenvalue weighted by atomic mass is 10.0. The Labute approximate surface area is 96.7 Å². The SMILES string of the molecule is CCC1(Cc2ccccc2)NCC(C)S1. The predicted molar refractivity (Wildman–Crippen MR) is 68.2 cm³/mol. The highest BCUT2D eigenvalue weighted by Gasteiger charge is 2.35. The van der Waals surface area contributed by atoms with Crippen LogP contribution in [0.2, 0.25) is 0 Å². The van der Waals surface area contributed by atoms with Gasteiger partial charge in [-0.25, -0.2) is 0 Å². The van der Waals surface area contributed by atoms with Crippen LogP contribution in [0.1, 0.15) is 25.8 Å². The van der Waals surface area contributed by atoms with Gasteiger partial charge in [0.1, 0.15) is 0 Å². The molecule has 0 radical (unpaired) electrons. The molecule has 2 heteroatoms. The summed E-state index contributed by atoms with van der Waals surface area (Å²) in [6.07, 6.45) is 2.33. The van der Waals surface area contributed by atoms with Crippen LogP contribution in [0.4, 0.5) is 0 Å². The minimum atomic E-state index is 0.279. The highest BCUT2D eigenvalue weighted by Crippen LogP contribution is 2.37. The first-order chi connectivity index (χ1) is 7.24. The third-order valence-electron chi connectivity index (χ3n) is 3.04. The van der Waals surface area contributed by atoms with E-state index in [1.54, 1.807) is 0 Å². The number of hydrogen-bond acceptors (Lipinski definition) is 2. The maximum atomic E-state index is 3.68. The maximum absolute atomic E-state index is 3.68. The van der Waals surface area contributed by atoms with Crippen molar-refractivity contribution in [2.24, 2.45) is 0 Å². The van der Waals surface area contributed by atoms with E-state index < -0.39 is 0 Å². The molecular formula is C13H19NS. The van der Waals surface area contributed by atoms with Gasteiger partial charge in [0, 0.05) is 11.8 Å². The van der Waals surface area contributed by atoms with Crippen molar-refractivity contribution in [3.8, 4) is 0 Å². The van der Waals surface area contributed by atoms with E-state index in [9.17, 15) is 0 Å². The van der Waals surface area contributed by atoms with E-state index in [4.69, 9.17) is 0 Å². The second-order valence-electron chi connectivity index (χ2n) is 4.32. The fraction of sp³-hybridized carbons (Fsp3) is 0.538. The van der Waals surface area contributed by atoms with Gasteiger partial charge in [-0.3, -0.25) is 0 Å². The lowest BCUT2D eigenvalue weighted by Crippen LogP contribution is -2.38. The summed E-state index contributed by atoms with van der Waals surface area (Å²) >= 11 is 2.10. The molecule has 1 saturated heterocycles. The highest BCUT2D eigenvalue weighted by atomic mass is 32.2. The van der Waals surface area contributed by atoms with Gasteiger partial charge in [0.2, 0.25) is 0 Å². The third-order valence-corrected chi connectivity index (χ3v) is 4.64. The molecule has 1 heterocycles. The Kier molecular flexibility index (Phi) is 3.37. The van der Waals surface area contributed by atoms with Gasteiger partial charge in [-0.1, -0.05) is 44.2 Å². The van der Waals surface area contributed by atoms with E-state index >= 15 is 0 Å². The molecule has 1 aliphatic rings. The Hall–Kier alpha value is -0.470. The molecule has 2 atom stereocenters. The van der Waals surface area contributed by atoms with Crippen molar-refractivity contribution in [3.05, 3.63) is 35.9 Å². The van der Waals surface area contributed by atoms with Gasteiger partial charge in [-0.15, -0.1) is 11.8 Å². The normalized spacial score (nSPS) is 30.7. The summed E-state index contributed by atoms with van der Waals surface area (Å²) in [6, 6.07) is 10.8. The Morgan fingerprint density at radius 1 is 1.40 bits per heavy atom. The van der Waals surface area contributed by atoms with Gasteiger partial charge in [-0.05, 0) is 18.4 Å². The van der Waals surface area contributed by atoms with Crippen molar-refractivity contribution in [1.82, 2.24) is 5.32 Å². The Morgan fingerprint density at radius 2 is 2.13 bits per heavy atom. The molecular weight excluding hydrogens is 202 g/mol. The van der Waals surface area contributed by atoms with Crippen molar-refractivity contribution in [2.45, 2.75) is 36.8 Å². The molecule has 1 aliphatic heterocycles. The third kappa shape index (κ3) is 2.56. The number of benzene rings is 1. The van der Waals surface area contributed by atoms with Crippen LogP contribution in [-0.2, 0) is 6.42 Å². The number of hydrogen-bond donors (Lipinski definition) is 1. The monoisotopic (exact) mass is 221 g/mol. The fourth-order valence-corrected chi connectivity index (χ4v) is 3.68. The summed E-state index contributed by atoms with van der Waals surface area (Å²) in [5.74, 6) is 0. The number of thioether (sulfide) groups is 1. The molecule has 2 rings (SSSR count). The quantitative estimate of drug-likeness (QED) is 0.842. The van der Waals surface area contributed by atoms with E-state index in [0.717, 1.165) is 18.2 Å². The first-order valence-corrected chi connectivity index (χ1v) is 6.59. The minimum absolute atomic E-state index is 0.279. The molecule has 0 spiro atoms. The molecule has 82 valence electrons. The van der Waals surface area contributed by atoms with Crippen molar-refractivity contribution in [1.29, 1.82) is 0 Å². The minimum Gasteiger partial charge on any atom is -0.301 e. The second kappa shape index (κ2) is 4.58. The molecule has 0 amide bonds. The molecule has 1 nitrogen and oxygen atoms in total. The summed E-state index contributed by atoms with van der Waals surface area (Å²) in [7, 11) is 0. The smallest absolute Gasteiger partial charge is 0.0686 e. The van der Waals surface area contributed by atoms with Crippen LogP contribution >= 0.6 is 11.8 Å². The molecule has 0 bridgehead atoms. The molecule has 1 aromatic carbocycles. The van der Waals surface area contributed by atoms with Crippen LogP contribution in [0.5, 0.6) is 0 Å². The predicted octanol–water partition coefficient (Wildman–Crippen LogP) is 3.06. The zero-order chi connectivity index (χ0) is 10.7. The molecule has 15 heavy (non-hydrogen) atoms. The van der Waals surface area contributed by atoms with Gasteiger partial charge in [-0.2, -0.15) is 0 Å². The Balaban J connectivity index is 2.09. The lowest BCUT2D eigenvalue weighted by Gasteiger charge is -2.27. The van der Waals surface area contributed by atoms with Gasteiger partial charge in [0.05, 0.1) is 4.87 Å². The summed E-state index contributed by atoms with van der Waals surface area (Å²) < 4.78 is 0. The van der Waals surface area contributed by atoms with E-state index in [1.165, 1.54) is 12.0 Å². The van der Waals surface area contributed by atoms with Gasteiger partial charge >= 0.3 is 0 Å². The van der Waals surface area contributed by atoms with Gasteiger partial charge < -0.3 is 5.32 Å². The topological polar surface area (TPSA) is 12.0 Å². The summed E-state index contributed by atoms with van der Waals surface area (Å²) in [4.78, 5) is 0.279. The molecule has 0 saturated carbocycles. The van der Waals surface area contributed by atoms with Gasteiger partial charge in [0.25, 0.3) is 0 Å². The first kappa shape index (κ1) is 11.0. The van der Waals surface area contributed by atoms with Crippen LogP contribution in [0.25, 0.3) is 0 Å². The van der Waals surface area contributed by atoms with Crippen molar-refractivity contribution in [2.75, 3.05) is 6.54 Å². The molecule has 1 aromatic rings. The highest BCUT2D eigenvalue weighted by molar-refractivity contribution is 8.01. The zero-order valence-corrected chi connectivity index (χ0v) is 10.3. The number of rotatable bonds is 3. The Bertz CT molecular complexity index is 312. The van der Waals surface area contributed by atoms with Crippen molar-refractivity contribution >= 4 is 11.8 Å². The zero-order valence-electron chi connectivity index (χ0n) is 9.49. The standard InChI is InChI=1S/C13H19NS/c1-3-13(14-10-11(2)15-13)9-12-7-5-4-6-8-12/h4-8,11,14H,3,9-10H2,1-2H3. The lowest BCUT2D eigenvalue weighted by molar-refractivity contribution is 0.479. The first-order valence-electron chi connectivity index (χ1n) is 5.71. The average Bonchev–Trinajstić information content (AvgIpc) is 2.62.